The molecule has 0 N–H and O–H groups in total. The molecule has 0 aliphatic heterocycles. The van der Waals surface area contributed by atoms with E-state index in [0.29, 0.717) is 0 Å². The Labute approximate surface area is 114 Å². The Kier molecular flexibility index (Phi) is 3.70. The Bertz CT molecular complexity index is 628. The molecule has 0 aliphatic rings. The van der Waals surface area contributed by atoms with Gasteiger partial charge in [0.1, 0.15) is 0 Å². The predicted octanol–water partition coefficient (Wildman–Crippen LogP) is 4.23. The largest absolute Gasteiger partial charge is 0.623 e. The Morgan fingerprint density at radius 3 is 2.42 bits per heavy atom. The molecule has 0 bridgehead atoms. The van der Waals surface area contributed by atoms with Gasteiger partial charge in [-0.25, -0.2) is 4.74 Å². The lowest BCUT2D eigenvalue weighted by Crippen LogP contribution is -2.28. The summed E-state index contributed by atoms with van der Waals surface area (Å²) in [5, 5.41) is 14.1. The summed E-state index contributed by atoms with van der Waals surface area (Å²) in [5.41, 5.74) is 0.722. The maximum Gasteiger partial charge on any atom is 0.175 e. The normalized spacial score (nSPS) is 13.3. The van der Waals surface area contributed by atoms with Gasteiger partial charge in [0.05, 0.1) is 0 Å². The van der Waals surface area contributed by atoms with Gasteiger partial charge in [-0.05, 0) is 22.4 Å². The number of fused-ring (bicyclic) bond motifs is 1. The van der Waals surface area contributed by atoms with Crippen molar-refractivity contribution in [2.45, 2.75) is 26.3 Å². The van der Waals surface area contributed by atoms with Crippen molar-refractivity contribution in [1.82, 2.24) is 0 Å². The zero-order valence-corrected chi connectivity index (χ0v) is 11.6. The number of hydrogen-bond acceptors (Lipinski definition) is 1. The molecule has 2 heteroatoms. The summed E-state index contributed by atoms with van der Waals surface area (Å²) in [6, 6.07) is 14.4. The van der Waals surface area contributed by atoms with E-state index in [1.807, 2.05) is 45.0 Å². The quantitative estimate of drug-likeness (QED) is 0.340. The van der Waals surface area contributed by atoms with E-state index in [-0.39, 0.29) is 0 Å². The van der Waals surface area contributed by atoms with Crippen molar-refractivity contribution >= 4 is 23.1 Å². The van der Waals surface area contributed by atoms with E-state index in [1.54, 1.807) is 12.3 Å². The molecule has 0 fully saturated rings. The number of hydrogen-bond donors (Lipinski definition) is 0. The molecule has 98 valence electrons. The van der Waals surface area contributed by atoms with Gasteiger partial charge in [0.2, 0.25) is 0 Å². The average molecular weight is 253 g/mol. The molecule has 0 spiro atoms. The van der Waals surface area contributed by atoms with Gasteiger partial charge in [-0.3, -0.25) is 0 Å². The van der Waals surface area contributed by atoms with Crippen molar-refractivity contribution in [2.24, 2.45) is 0 Å². The molecule has 0 atom stereocenters. The van der Waals surface area contributed by atoms with Crippen LogP contribution in [0, 0.1) is 5.21 Å². The van der Waals surface area contributed by atoms with Crippen LogP contribution in [-0.4, -0.2) is 16.5 Å². The van der Waals surface area contributed by atoms with Crippen LogP contribution in [0.4, 0.5) is 0 Å². The lowest BCUT2D eigenvalue weighted by Gasteiger charge is -2.17. The molecule has 0 radical (unpaired) electrons. The lowest BCUT2D eigenvalue weighted by molar-refractivity contribution is -0.530. The second-order valence-corrected chi connectivity index (χ2v) is 5.57. The van der Waals surface area contributed by atoms with Gasteiger partial charge in [0, 0.05) is 26.8 Å². The molecule has 0 unspecified atom stereocenters. The topological polar surface area (TPSA) is 26.1 Å². The molecular weight excluding hydrogens is 234 g/mol. The van der Waals surface area contributed by atoms with Crippen LogP contribution in [0.3, 0.4) is 0 Å². The van der Waals surface area contributed by atoms with Crippen LogP contribution in [0.2, 0.25) is 0 Å². The van der Waals surface area contributed by atoms with E-state index in [2.05, 4.69) is 24.3 Å². The fourth-order valence-corrected chi connectivity index (χ4v) is 1.84. The molecular formula is C17H19NO. The first-order valence-electron chi connectivity index (χ1n) is 6.44. The second kappa shape index (κ2) is 5.27. The zero-order chi connectivity index (χ0) is 13.9. The number of rotatable bonds is 2. The first-order valence-corrected chi connectivity index (χ1v) is 6.44. The fraction of sp³-hybridized carbons (Fsp3) is 0.235. The SMILES string of the molecule is CC(C)(C)/[N+]([O-])=C/C=C/c1cccc2ccccc12. The van der Waals surface area contributed by atoms with Gasteiger partial charge in [0.15, 0.2) is 11.8 Å². The van der Waals surface area contributed by atoms with Crippen LogP contribution in [-0.2, 0) is 0 Å². The molecule has 2 nitrogen and oxygen atoms in total. The lowest BCUT2D eigenvalue weighted by atomic mass is 10.0. The predicted molar refractivity (Wildman–Crippen MR) is 82.4 cm³/mol. The highest BCUT2D eigenvalue weighted by Gasteiger charge is 2.16. The molecule has 0 saturated carbocycles. The molecule has 2 aromatic carbocycles. The van der Waals surface area contributed by atoms with E-state index in [9.17, 15) is 5.21 Å². The van der Waals surface area contributed by atoms with Crippen molar-refractivity contribution in [3.05, 3.63) is 59.3 Å². The second-order valence-electron chi connectivity index (χ2n) is 5.57. The molecule has 19 heavy (non-hydrogen) atoms. The maximum absolute atomic E-state index is 11.7. The first-order chi connectivity index (χ1) is 8.98. The minimum Gasteiger partial charge on any atom is -0.623 e. The smallest absolute Gasteiger partial charge is 0.175 e. The van der Waals surface area contributed by atoms with Crippen LogP contribution >= 0.6 is 0 Å². The van der Waals surface area contributed by atoms with E-state index < -0.39 is 5.54 Å². The van der Waals surface area contributed by atoms with Crippen LogP contribution in [0.15, 0.2) is 48.5 Å². The van der Waals surface area contributed by atoms with E-state index >= 15 is 0 Å². The molecule has 0 heterocycles. The van der Waals surface area contributed by atoms with Gasteiger partial charge >= 0.3 is 0 Å². The Balaban J connectivity index is 2.32. The fourth-order valence-electron chi connectivity index (χ4n) is 1.84. The van der Waals surface area contributed by atoms with E-state index in [0.717, 1.165) is 10.3 Å². The molecule has 0 aromatic heterocycles. The number of nitrogens with zero attached hydrogens (tertiary/aromatic N) is 1. The number of benzene rings is 2. The zero-order valence-electron chi connectivity index (χ0n) is 11.6. The summed E-state index contributed by atoms with van der Waals surface area (Å²) in [7, 11) is 0. The summed E-state index contributed by atoms with van der Waals surface area (Å²) in [4.78, 5) is 0. The van der Waals surface area contributed by atoms with Crippen LogP contribution in [0.25, 0.3) is 16.8 Å². The van der Waals surface area contributed by atoms with E-state index in [1.165, 1.54) is 10.8 Å². The monoisotopic (exact) mass is 253 g/mol. The number of allylic oxidation sites excluding steroid dienone is 1. The highest BCUT2D eigenvalue weighted by Crippen LogP contribution is 2.19. The van der Waals surface area contributed by atoms with Crippen molar-refractivity contribution in [2.75, 3.05) is 0 Å². The van der Waals surface area contributed by atoms with Crippen LogP contribution in [0.5, 0.6) is 0 Å². The van der Waals surface area contributed by atoms with Gasteiger partial charge < -0.3 is 5.21 Å². The third-order valence-corrected chi connectivity index (χ3v) is 2.98. The first kappa shape index (κ1) is 13.3. The average Bonchev–Trinajstić information content (AvgIpc) is 2.38. The third-order valence-electron chi connectivity index (χ3n) is 2.98. The molecule has 2 aromatic rings. The summed E-state index contributed by atoms with van der Waals surface area (Å²) in [6.45, 7) is 5.67. The highest BCUT2D eigenvalue weighted by molar-refractivity contribution is 5.92. The highest BCUT2D eigenvalue weighted by atomic mass is 16.5. The summed E-state index contributed by atoms with van der Waals surface area (Å²) >= 11 is 0. The summed E-state index contributed by atoms with van der Waals surface area (Å²) in [6.07, 6.45) is 5.35. The summed E-state index contributed by atoms with van der Waals surface area (Å²) in [5.74, 6) is 0. The molecule has 0 aliphatic carbocycles. The Morgan fingerprint density at radius 1 is 1.00 bits per heavy atom. The van der Waals surface area contributed by atoms with Gasteiger partial charge in [-0.15, -0.1) is 0 Å². The molecule has 0 saturated heterocycles. The third kappa shape index (κ3) is 3.22. The van der Waals surface area contributed by atoms with Crippen molar-refractivity contribution in [1.29, 1.82) is 0 Å². The Morgan fingerprint density at radius 2 is 1.68 bits per heavy atom. The summed E-state index contributed by atoms with van der Waals surface area (Å²) < 4.78 is 0.967. The maximum atomic E-state index is 11.7. The van der Waals surface area contributed by atoms with Crippen LogP contribution in [0.1, 0.15) is 26.3 Å². The molecule has 0 amide bonds. The van der Waals surface area contributed by atoms with Crippen molar-refractivity contribution < 1.29 is 4.74 Å². The van der Waals surface area contributed by atoms with Crippen molar-refractivity contribution in [3.8, 4) is 0 Å². The minimum atomic E-state index is -0.400. The van der Waals surface area contributed by atoms with Gasteiger partial charge in [-0.1, -0.05) is 42.5 Å². The number of hydroxylamine groups is 1. The standard InChI is InChI=1S/C17H19NO/c1-17(2,3)18(19)13-7-11-15-10-6-9-14-8-4-5-12-16(14)15/h4-13H,1-3H3/b11-7+,18-13-. The van der Waals surface area contributed by atoms with Gasteiger partial charge in [0.25, 0.3) is 0 Å². The van der Waals surface area contributed by atoms with Gasteiger partial charge in [-0.2, -0.15) is 0 Å². The van der Waals surface area contributed by atoms with Crippen LogP contribution < -0.4 is 0 Å². The van der Waals surface area contributed by atoms with E-state index in [4.69, 9.17) is 0 Å². The van der Waals surface area contributed by atoms with Crippen molar-refractivity contribution in [3.63, 3.8) is 0 Å². The minimum absolute atomic E-state index is 0.400. The Hall–Kier alpha value is -2.09. The molecule has 2 rings (SSSR count).